The molecule has 0 aliphatic carbocycles. The number of hydrogen-bond acceptors (Lipinski definition) is 8. The summed E-state index contributed by atoms with van der Waals surface area (Å²) in [4.78, 5) is 43.5. The first-order chi connectivity index (χ1) is 19.7. The van der Waals surface area contributed by atoms with Crippen molar-refractivity contribution in [3.05, 3.63) is 107 Å². The molecular formula is C30H25ClN2O7S. The number of carboxylic acid groups (broad SMARTS) is 1. The lowest BCUT2D eigenvalue weighted by atomic mass is 9.95. The van der Waals surface area contributed by atoms with Crippen LogP contribution in [0, 0.1) is 0 Å². The van der Waals surface area contributed by atoms with Gasteiger partial charge in [0.15, 0.2) is 4.80 Å². The number of carbonyl (C=O) groups is 2. The molecule has 2 aromatic heterocycles. The summed E-state index contributed by atoms with van der Waals surface area (Å²) in [5.74, 6) is -0.372. The highest BCUT2D eigenvalue weighted by molar-refractivity contribution is 7.07. The number of para-hydroxylation sites is 1. The first kappa shape index (κ1) is 28.1. The number of halogens is 1. The van der Waals surface area contributed by atoms with Gasteiger partial charge in [-0.3, -0.25) is 9.36 Å². The van der Waals surface area contributed by atoms with Crippen LogP contribution in [0.15, 0.2) is 80.1 Å². The van der Waals surface area contributed by atoms with Crippen LogP contribution >= 0.6 is 22.9 Å². The van der Waals surface area contributed by atoms with E-state index in [-0.39, 0.29) is 28.3 Å². The smallest absolute Gasteiger partial charge is 0.338 e. The van der Waals surface area contributed by atoms with Crippen molar-refractivity contribution in [2.24, 2.45) is 4.99 Å². The van der Waals surface area contributed by atoms with Gasteiger partial charge in [0.1, 0.15) is 23.3 Å². The Morgan fingerprint density at radius 3 is 2.66 bits per heavy atom. The van der Waals surface area contributed by atoms with Crippen molar-refractivity contribution >= 4 is 41.0 Å². The van der Waals surface area contributed by atoms with E-state index in [2.05, 4.69) is 4.99 Å². The number of aromatic nitrogens is 1. The monoisotopic (exact) mass is 592 g/mol. The highest BCUT2D eigenvalue weighted by Crippen LogP contribution is 2.36. The van der Waals surface area contributed by atoms with Crippen LogP contribution < -0.4 is 19.6 Å². The zero-order valence-corrected chi connectivity index (χ0v) is 23.9. The molecule has 210 valence electrons. The molecule has 11 heteroatoms. The molecule has 1 aliphatic rings. The van der Waals surface area contributed by atoms with Gasteiger partial charge in [0, 0.05) is 17.2 Å². The molecule has 9 nitrogen and oxygen atoms in total. The molecule has 0 unspecified atom stereocenters. The number of nitrogens with zero attached hydrogens (tertiary/aromatic N) is 2. The largest absolute Gasteiger partial charge is 0.494 e. The van der Waals surface area contributed by atoms with E-state index in [1.165, 1.54) is 16.7 Å². The van der Waals surface area contributed by atoms with Gasteiger partial charge in [-0.15, -0.1) is 0 Å². The molecule has 2 aromatic carbocycles. The quantitative estimate of drug-likeness (QED) is 0.292. The SMILES string of the molecule is CCOC(=O)C1=C(C)N=c2s/c(=C\c3ccc(-c4ccc(Cl)c(C(=O)O)c4)o3)c(=O)n2[C@@H]1c1ccccc1OCC. The second-order valence-electron chi connectivity index (χ2n) is 8.97. The van der Waals surface area contributed by atoms with Gasteiger partial charge in [-0.05, 0) is 57.2 Å². The third kappa shape index (κ3) is 5.36. The Balaban J connectivity index is 1.64. The molecule has 41 heavy (non-hydrogen) atoms. The van der Waals surface area contributed by atoms with Crippen molar-refractivity contribution in [2.75, 3.05) is 13.2 Å². The van der Waals surface area contributed by atoms with Crippen LogP contribution in [0.5, 0.6) is 5.75 Å². The number of fused-ring (bicyclic) bond motifs is 1. The van der Waals surface area contributed by atoms with E-state index in [1.807, 2.05) is 25.1 Å². The molecule has 0 saturated carbocycles. The maximum atomic E-state index is 13.9. The lowest BCUT2D eigenvalue weighted by molar-refractivity contribution is -0.139. The average molecular weight is 593 g/mol. The zero-order chi connectivity index (χ0) is 29.3. The molecular weight excluding hydrogens is 568 g/mol. The van der Waals surface area contributed by atoms with Gasteiger partial charge < -0.3 is 19.0 Å². The van der Waals surface area contributed by atoms with Gasteiger partial charge in [0.2, 0.25) is 0 Å². The van der Waals surface area contributed by atoms with Crippen molar-refractivity contribution in [2.45, 2.75) is 26.8 Å². The molecule has 1 aliphatic heterocycles. The number of benzene rings is 2. The number of carboxylic acids is 1. The fraction of sp³-hybridized carbons (Fsp3) is 0.200. The Hall–Kier alpha value is -4.41. The summed E-state index contributed by atoms with van der Waals surface area (Å²) in [5, 5.41) is 9.51. The van der Waals surface area contributed by atoms with Crippen LogP contribution in [0.2, 0.25) is 5.02 Å². The van der Waals surface area contributed by atoms with Crippen molar-refractivity contribution < 1.29 is 28.6 Å². The van der Waals surface area contributed by atoms with Gasteiger partial charge in [0.25, 0.3) is 5.56 Å². The number of rotatable bonds is 8. The third-order valence-corrected chi connectivity index (χ3v) is 7.72. The van der Waals surface area contributed by atoms with Gasteiger partial charge in [-0.25, -0.2) is 14.6 Å². The molecule has 0 saturated heterocycles. The number of carbonyl (C=O) groups excluding carboxylic acids is 1. The average Bonchev–Trinajstić information content (AvgIpc) is 3.53. The minimum atomic E-state index is -1.15. The molecule has 0 bridgehead atoms. The maximum absolute atomic E-state index is 13.9. The standard InChI is InChI=1S/C30H25ClN2O7S/c1-4-38-23-9-7-6-8-19(23)26-25(29(37)39-5-2)16(3)32-30-33(26)27(34)24(41-30)15-18-11-13-22(40-18)17-10-12-21(31)20(14-17)28(35)36/h6-15,26H,4-5H2,1-3H3,(H,35,36)/b24-15-/t26-/m1/s1. The number of esters is 1. The first-order valence-electron chi connectivity index (χ1n) is 12.8. The Labute approximate surface area is 243 Å². The topological polar surface area (TPSA) is 120 Å². The molecule has 1 N–H and O–H groups in total. The van der Waals surface area contributed by atoms with E-state index < -0.39 is 18.0 Å². The second kappa shape index (κ2) is 11.6. The minimum Gasteiger partial charge on any atom is -0.494 e. The van der Waals surface area contributed by atoms with E-state index >= 15 is 0 Å². The maximum Gasteiger partial charge on any atom is 0.338 e. The Morgan fingerprint density at radius 1 is 1.15 bits per heavy atom. The number of aromatic carboxylic acids is 1. The Morgan fingerprint density at radius 2 is 1.93 bits per heavy atom. The van der Waals surface area contributed by atoms with Crippen LogP contribution in [0.25, 0.3) is 17.4 Å². The normalized spacial score (nSPS) is 14.9. The predicted molar refractivity (Wildman–Crippen MR) is 154 cm³/mol. The first-order valence-corrected chi connectivity index (χ1v) is 14.0. The molecule has 1 atom stereocenters. The van der Waals surface area contributed by atoms with Crippen molar-refractivity contribution in [3.63, 3.8) is 0 Å². The second-order valence-corrected chi connectivity index (χ2v) is 10.4. The lowest BCUT2D eigenvalue weighted by Crippen LogP contribution is -2.40. The molecule has 0 fully saturated rings. The molecule has 0 spiro atoms. The minimum absolute atomic E-state index is 0.0458. The molecule has 0 radical (unpaired) electrons. The number of hydrogen-bond donors (Lipinski definition) is 1. The summed E-state index contributed by atoms with van der Waals surface area (Å²) >= 11 is 7.16. The molecule has 4 aromatic rings. The van der Waals surface area contributed by atoms with Crippen LogP contribution in [0.3, 0.4) is 0 Å². The molecule has 0 amide bonds. The highest BCUT2D eigenvalue weighted by Gasteiger charge is 2.35. The summed E-state index contributed by atoms with van der Waals surface area (Å²) in [6.45, 7) is 5.87. The number of allylic oxidation sites excluding steroid dienone is 1. The van der Waals surface area contributed by atoms with Crippen LogP contribution in [0.1, 0.15) is 48.5 Å². The van der Waals surface area contributed by atoms with Crippen molar-refractivity contribution in [1.29, 1.82) is 0 Å². The molecule has 5 rings (SSSR count). The Kier molecular flexibility index (Phi) is 7.96. The predicted octanol–water partition coefficient (Wildman–Crippen LogP) is 4.81. The number of furan rings is 1. The summed E-state index contributed by atoms with van der Waals surface area (Å²) in [6, 6.07) is 14.4. The van der Waals surface area contributed by atoms with Crippen LogP contribution in [-0.4, -0.2) is 34.8 Å². The van der Waals surface area contributed by atoms with E-state index in [0.717, 1.165) is 11.3 Å². The van der Waals surface area contributed by atoms with E-state index in [0.29, 0.717) is 50.0 Å². The van der Waals surface area contributed by atoms with Crippen LogP contribution in [0.4, 0.5) is 0 Å². The summed E-state index contributed by atoms with van der Waals surface area (Å²) in [7, 11) is 0. The lowest BCUT2D eigenvalue weighted by Gasteiger charge is -2.26. The molecule has 3 heterocycles. The van der Waals surface area contributed by atoms with Gasteiger partial charge >= 0.3 is 11.9 Å². The van der Waals surface area contributed by atoms with Crippen molar-refractivity contribution in [1.82, 2.24) is 4.57 Å². The van der Waals surface area contributed by atoms with Gasteiger partial charge in [-0.1, -0.05) is 41.1 Å². The fourth-order valence-electron chi connectivity index (χ4n) is 4.64. The summed E-state index contributed by atoms with van der Waals surface area (Å²) in [6.07, 6.45) is 1.59. The Bertz CT molecular complexity index is 1880. The third-order valence-electron chi connectivity index (χ3n) is 6.41. The van der Waals surface area contributed by atoms with Gasteiger partial charge in [0.05, 0.1) is 39.6 Å². The highest BCUT2D eigenvalue weighted by atomic mass is 35.5. The summed E-state index contributed by atoms with van der Waals surface area (Å²) in [5.41, 5.74) is 1.46. The van der Waals surface area contributed by atoms with Crippen LogP contribution in [-0.2, 0) is 9.53 Å². The van der Waals surface area contributed by atoms with Gasteiger partial charge in [-0.2, -0.15) is 0 Å². The van der Waals surface area contributed by atoms with Crippen molar-refractivity contribution in [3.8, 4) is 17.1 Å². The van der Waals surface area contributed by atoms with E-state index in [9.17, 15) is 19.5 Å². The number of thiazole rings is 1. The van der Waals surface area contributed by atoms with E-state index in [4.69, 9.17) is 25.5 Å². The fourth-order valence-corrected chi connectivity index (χ4v) is 5.86. The summed E-state index contributed by atoms with van der Waals surface area (Å²) < 4.78 is 19.0. The zero-order valence-electron chi connectivity index (χ0n) is 22.3. The number of ether oxygens (including phenoxy) is 2. The van der Waals surface area contributed by atoms with E-state index in [1.54, 1.807) is 44.2 Å².